The van der Waals surface area contributed by atoms with Gasteiger partial charge in [0, 0.05) is 6.61 Å². The lowest BCUT2D eigenvalue weighted by molar-refractivity contribution is -0.146. The zero-order chi connectivity index (χ0) is 10.6. The molecule has 0 unspecified atom stereocenters. The minimum atomic E-state index is -0.142. The Hall–Kier alpha value is -0.830. The third kappa shape index (κ3) is 2.35. The number of ether oxygens (including phenoxy) is 2. The van der Waals surface area contributed by atoms with Gasteiger partial charge >= 0.3 is 5.97 Å². The number of allylic oxidation sites excluding steroid dienone is 1. The third-order valence-electron chi connectivity index (χ3n) is 2.78. The van der Waals surface area contributed by atoms with Crippen LogP contribution in [0.25, 0.3) is 0 Å². The van der Waals surface area contributed by atoms with Crippen LogP contribution < -0.4 is 0 Å². The number of carbonyl (C=O) groups excluding carboxylic acids is 1. The van der Waals surface area contributed by atoms with Crippen molar-refractivity contribution in [3.63, 3.8) is 0 Å². The van der Waals surface area contributed by atoms with Crippen LogP contribution in [0, 0.1) is 11.8 Å². The van der Waals surface area contributed by atoms with E-state index in [1.807, 2.05) is 13.0 Å². The topological polar surface area (TPSA) is 35.5 Å². The Morgan fingerprint density at radius 3 is 2.79 bits per heavy atom. The van der Waals surface area contributed by atoms with Gasteiger partial charge in [-0.1, -0.05) is 6.08 Å². The van der Waals surface area contributed by atoms with Crippen LogP contribution in [0.2, 0.25) is 0 Å². The molecule has 3 heteroatoms. The van der Waals surface area contributed by atoms with Crippen LogP contribution in [0.4, 0.5) is 0 Å². The van der Waals surface area contributed by atoms with E-state index in [9.17, 15) is 4.79 Å². The van der Waals surface area contributed by atoms with Crippen LogP contribution >= 0.6 is 0 Å². The van der Waals surface area contributed by atoms with Crippen molar-refractivity contribution >= 4 is 5.97 Å². The summed E-state index contributed by atoms with van der Waals surface area (Å²) in [4.78, 5) is 11.4. The zero-order valence-corrected chi connectivity index (χ0v) is 8.86. The molecular formula is C11H18O3. The van der Waals surface area contributed by atoms with Crippen molar-refractivity contribution in [3.8, 4) is 0 Å². The first-order chi connectivity index (χ1) is 6.72. The highest BCUT2D eigenvalue weighted by atomic mass is 16.5. The van der Waals surface area contributed by atoms with Crippen molar-refractivity contribution in [2.24, 2.45) is 11.8 Å². The van der Waals surface area contributed by atoms with E-state index in [2.05, 4.69) is 6.58 Å². The molecule has 3 nitrogen and oxygen atoms in total. The van der Waals surface area contributed by atoms with Crippen molar-refractivity contribution in [1.29, 1.82) is 0 Å². The molecule has 3 atom stereocenters. The first-order valence-electron chi connectivity index (χ1n) is 5.04. The van der Waals surface area contributed by atoms with E-state index in [-0.39, 0.29) is 23.9 Å². The Morgan fingerprint density at radius 2 is 2.29 bits per heavy atom. The predicted octanol–water partition coefficient (Wildman–Crippen LogP) is 1.78. The minimum Gasteiger partial charge on any atom is -0.469 e. The number of methoxy groups -OCH3 is 1. The van der Waals surface area contributed by atoms with E-state index in [0.717, 1.165) is 12.8 Å². The highest BCUT2D eigenvalue weighted by molar-refractivity contribution is 5.73. The van der Waals surface area contributed by atoms with Crippen LogP contribution in [-0.4, -0.2) is 25.8 Å². The van der Waals surface area contributed by atoms with Gasteiger partial charge in [0.15, 0.2) is 0 Å². The second-order valence-electron chi connectivity index (χ2n) is 3.58. The van der Waals surface area contributed by atoms with Gasteiger partial charge in [0.25, 0.3) is 0 Å². The number of hydrogen-bond donors (Lipinski definition) is 0. The van der Waals surface area contributed by atoms with Gasteiger partial charge in [-0.3, -0.25) is 4.79 Å². The predicted molar refractivity (Wildman–Crippen MR) is 53.8 cm³/mol. The van der Waals surface area contributed by atoms with Crippen LogP contribution in [0.15, 0.2) is 12.7 Å². The maximum Gasteiger partial charge on any atom is 0.309 e. The SMILES string of the molecule is C=C[C@@H]1C[C@H](OCC)C[C@@H]1C(=O)OC. The molecule has 1 saturated carbocycles. The monoisotopic (exact) mass is 198 g/mol. The Labute approximate surface area is 85.1 Å². The Bertz CT molecular complexity index is 213. The molecule has 1 fully saturated rings. The van der Waals surface area contributed by atoms with Gasteiger partial charge in [0.1, 0.15) is 0 Å². The standard InChI is InChI=1S/C11H18O3/c1-4-8-6-9(14-5-2)7-10(8)11(12)13-3/h4,8-10H,1,5-7H2,2-3H3/t8-,9+,10+/m1/s1. The molecule has 1 rings (SSSR count). The highest BCUT2D eigenvalue weighted by Crippen LogP contribution is 2.35. The zero-order valence-electron chi connectivity index (χ0n) is 8.86. The third-order valence-corrected chi connectivity index (χ3v) is 2.78. The quantitative estimate of drug-likeness (QED) is 0.510. The van der Waals surface area contributed by atoms with Crippen LogP contribution in [0.5, 0.6) is 0 Å². The summed E-state index contributed by atoms with van der Waals surface area (Å²) in [5.41, 5.74) is 0. The van der Waals surface area contributed by atoms with Gasteiger partial charge in [-0.05, 0) is 25.7 Å². The molecule has 0 radical (unpaired) electrons. The molecule has 1 aliphatic rings. The minimum absolute atomic E-state index is 0.0611. The summed E-state index contributed by atoms with van der Waals surface area (Å²) < 4.78 is 10.3. The van der Waals surface area contributed by atoms with Crippen molar-refractivity contribution in [3.05, 3.63) is 12.7 Å². The van der Waals surface area contributed by atoms with Gasteiger partial charge in [-0.15, -0.1) is 6.58 Å². The molecule has 0 aromatic heterocycles. The van der Waals surface area contributed by atoms with E-state index in [4.69, 9.17) is 9.47 Å². The Kier molecular flexibility index (Phi) is 4.14. The van der Waals surface area contributed by atoms with E-state index >= 15 is 0 Å². The van der Waals surface area contributed by atoms with Crippen molar-refractivity contribution in [1.82, 2.24) is 0 Å². The van der Waals surface area contributed by atoms with Gasteiger partial charge in [0.05, 0.1) is 19.1 Å². The van der Waals surface area contributed by atoms with E-state index < -0.39 is 0 Å². The molecule has 0 aliphatic heterocycles. The first-order valence-corrected chi connectivity index (χ1v) is 5.04. The largest absolute Gasteiger partial charge is 0.469 e. The van der Waals surface area contributed by atoms with Crippen LogP contribution in [0.3, 0.4) is 0 Å². The molecule has 0 heterocycles. The van der Waals surface area contributed by atoms with Crippen LogP contribution in [0.1, 0.15) is 19.8 Å². The lowest BCUT2D eigenvalue weighted by atomic mass is 9.97. The molecule has 0 aromatic rings. The molecule has 0 saturated heterocycles. The summed E-state index contributed by atoms with van der Waals surface area (Å²) in [6.07, 6.45) is 3.67. The molecule has 0 amide bonds. The molecule has 0 bridgehead atoms. The second kappa shape index (κ2) is 5.15. The van der Waals surface area contributed by atoms with Crippen molar-refractivity contribution in [2.45, 2.75) is 25.9 Å². The van der Waals surface area contributed by atoms with E-state index in [1.165, 1.54) is 7.11 Å². The Morgan fingerprint density at radius 1 is 1.57 bits per heavy atom. The van der Waals surface area contributed by atoms with Gasteiger partial charge < -0.3 is 9.47 Å². The summed E-state index contributed by atoms with van der Waals surface area (Å²) in [6, 6.07) is 0. The number of carbonyl (C=O) groups is 1. The fourth-order valence-electron chi connectivity index (χ4n) is 2.08. The van der Waals surface area contributed by atoms with Gasteiger partial charge in [-0.25, -0.2) is 0 Å². The molecule has 0 N–H and O–H groups in total. The number of hydrogen-bond acceptors (Lipinski definition) is 3. The second-order valence-corrected chi connectivity index (χ2v) is 3.58. The van der Waals surface area contributed by atoms with Gasteiger partial charge in [0.2, 0.25) is 0 Å². The lowest BCUT2D eigenvalue weighted by Crippen LogP contribution is -2.19. The first kappa shape index (κ1) is 11.2. The van der Waals surface area contributed by atoms with E-state index in [1.54, 1.807) is 0 Å². The van der Waals surface area contributed by atoms with Crippen LogP contribution in [-0.2, 0) is 14.3 Å². The fourth-order valence-corrected chi connectivity index (χ4v) is 2.08. The van der Waals surface area contributed by atoms with Gasteiger partial charge in [-0.2, -0.15) is 0 Å². The highest BCUT2D eigenvalue weighted by Gasteiger charge is 2.38. The van der Waals surface area contributed by atoms with E-state index in [0.29, 0.717) is 6.61 Å². The number of esters is 1. The summed E-state index contributed by atoms with van der Waals surface area (Å²) in [5, 5.41) is 0. The maximum atomic E-state index is 11.4. The average Bonchev–Trinajstić information content (AvgIpc) is 2.60. The summed E-state index contributed by atoms with van der Waals surface area (Å²) >= 11 is 0. The normalized spacial score (nSPS) is 31.4. The Balaban J connectivity index is 2.57. The van der Waals surface area contributed by atoms with Crippen molar-refractivity contribution in [2.75, 3.05) is 13.7 Å². The molecule has 1 aliphatic carbocycles. The summed E-state index contributed by atoms with van der Waals surface area (Å²) in [6.45, 7) is 6.40. The lowest BCUT2D eigenvalue weighted by Gasteiger charge is -2.11. The molecule has 0 spiro atoms. The molecule has 80 valence electrons. The molecular weight excluding hydrogens is 180 g/mol. The molecule has 0 aromatic carbocycles. The van der Waals surface area contributed by atoms with Crippen molar-refractivity contribution < 1.29 is 14.3 Å². The molecule has 14 heavy (non-hydrogen) atoms. The smallest absolute Gasteiger partial charge is 0.309 e. The summed E-state index contributed by atoms with van der Waals surface area (Å²) in [5.74, 6) is 0.00477. The summed E-state index contributed by atoms with van der Waals surface area (Å²) in [7, 11) is 1.43. The fraction of sp³-hybridized carbons (Fsp3) is 0.727. The average molecular weight is 198 g/mol. The maximum absolute atomic E-state index is 11.4. The number of rotatable bonds is 4.